The molecule has 0 atom stereocenters. The van der Waals surface area contributed by atoms with Gasteiger partial charge >= 0.3 is 0 Å². The highest BCUT2D eigenvalue weighted by molar-refractivity contribution is 5.86. The molecule has 0 bridgehead atoms. The predicted molar refractivity (Wildman–Crippen MR) is 109 cm³/mol. The van der Waals surface area contributed by atoms with Gasteiger partial charge in [0, 0.05) is 23.1 Å². The van der Waals surface area contributed by atoms with Crippen molar-refractivity contribution in [1.82, 2.24) is 9.88 Å². The zero-order chi connectivity index (χ0) is 18.4. The summed E-state index contributed by atoms with van der Waals surface area (Å²) in [5.74, 6) is 2.46. The number of hydrogen-bond donors (Lipinski definition) is 1. The van der Waals surface area contributed by atoms with Crippen LogP contribution in [-0.4, -0.2) is 36.6 Å². The minimum Gasteiger partial charge on any atom is -0.497 e. The number of nitrogens with one attached hydrogen (secondary N) is 1. The Morgan fingerprint density at radius 1 is 1.00 bits per heavy atom. The molecule has 0 unspecified atom stereocenters. The van der Waals surface area contributed by atoms with Crippen LogP contribution in [0.3, 0.4) is 0 Å². The van der Waals surface area contributed by atoms with Crippen molar-refractivity contribution in [3.05, 3.63) is 29.5 Å². The molecule has 2 rings (SSSR count). The summed E-state index contributed by atoms with van der Waals surface area (Å²) in [6, 6.07) is 6.32. The van der Waals surface area contributed by atoms with Crippen molar-refractivity contribution in [3.8, 4) is 5.75 Å². The van der Waals surface area contributed by atoms with Gasteiger partial charge in [-0.25, -0.2) is 0 Å². The third-order valence-corrected chi connectivity index (χ3v) is 5.05. The van der Waals surface area contributed by atoms with E-state index in [1.807, 2.05) is 6.07 Å². The Morgan fingerprint density at radius 2 is 1.64 bits per heavy atom. The molecule has 0 saturated heterocycles. The molecule has 0 aliphatic carbocycles. The smallest absolute Gasteiger partial charge is 0.119 e. The van der Waals surface area contributed by atoms with Gasteiger partial charge in [-0.15, -0.1) is 0 Å². The van der Waals surface area contributed by atoms with Gasteiger partial charge in [-0.3, -0.25) is 0 Å². The fourth-order valence-electron chi connectivity index (χ4n) is 3.30. The number of fused-ring (bicyclic) bond motifs is 1. The molecule has 0 fully saturated rings. The van der Waals surface area contributed by atoms with Crippen LogP contribution in [0, 0.1) is 18.8 Å². The summed E-state index contributed by atoms with van der Waals surface area (Å²) in [7, 11) is 1.74. The molecular formula is C22H36N2O. The Labute approximate surface area is 153 Å². The summed E-state index contributed by atoms with van der Waals surface area (Å²) < 4.78 is 5.42. The number of aromatic nitrogens is 1. The quantitative estimate of drug-likeness (QED) is 0.623. The molecule has 0 saturated carbocycles. The van der Waals surface area contributed by atoms with Crippen LogP contribution in [0.25, 0.3) is 10.9 Å². The average molecular weight is 345 g/mol. The number of aryl methyl sites for hydroxylation is 1. The summed E-state index contributed by atoms with van der Waals surface area (Å²) in [5, 5.41) is 1.31. The van der Waals surface area contributed by atoms with Crippen LogP contribution in [0.4, 0.5) is 0 Å². The van der Waals surface area contributed by atoms with Crippen molar-refractivity contribution in [2.75, 3.05) is 26.7 Å². The van der Waals surface area contributed by atoms with E-state index in [0.29, 0.717) is 0 Å². The first-order valence-electron chi connectivity index (χ1n) is 9.78. The summed E-state index contributed by atoms with van der Waals surface area (Å²) in [4.78, 5) is 6.18. The van der Waals surface area contributed by atoms with E-state index < -0.39 is 0 Å². The first-order chi connectivity index (χ1) is 11.9. The van der Waals surface area contributed by atoms with Gasteiger partial charge in [-0.2, -0.15) is 0 Å². The molecule has 140 valence electrons. The van der Waals surface area contributed by atoms with Gasteiger partial charge in [0.25, 0.3) is 0 Å². The van der Waals surface area contributed by atoms with Crippen LogP contribution in [0.1, 0.15) is 51.8 Å². The first-order valence-corrected chi connectivity index (χ1v) is 9.78. The van der Waals surface area contributed by atoms with Gasteiger partial charge in [0.1, 0.15) is 5.75 Å². The van der Waals surface area contributed by atoms with Gasteiger partial charge in [0.05, 0.1) is 7.11 Å². The topological polar surface area (TPSA) is 28.3 Å². The lowest BCUT2D eigenvalue weighted by molar-refractivity contribution is 0.246. The molecule has 0 aliphatic rings. The minimum atomic E-state index is 0.764. The van der Waals surface area contributed by atoms with Gasteiger partial charge in [-0.1, -0.05) is 27.7 Å². The largest absolute Gasteiger partial charge is 0.497 e. The summed E-state index contributed by atoms with van der Waals surface area (Å²) >= 11 is 0. The number of benzene rings is 1. The maximum atomic E-state index is 5.42. The Bertz CT molecular complexity index is 645. The van der Waals surface area contributed by atoms with E-state index in [9.17, 15) is 0 Å². The highest BCUT2D eigenvalue weighted by Gasteiger charge is 2.13. The van der Waals surface area contributed by atoms with Crippen molar-refractivity contribution in [1.29, 1.82) is 0 Å². The third kappa shape index (κ3) is 5.78. The maximum absolute atomic E-state index is 5.42. The second-order valence-corrected chi connectivity index (χ2v) is 8.10. The lowest BCUT2D eigenvalue weighted by atomic mass is 10.1. The van der Waals surface area contributed by atoms with E-state index >= 15 is 0 Å². The van der Waals surface area contributed by atoms with Crippen LogP contribution >= 0.6 is 0 Å². The van der Waals surface area contributed by atoms with E-state index in [0.717, 1.165) is 30.6 Å². The maximum Gasteiger partial charge on any atom is 0.119 e. The normalized spacial score (nSPS) is 12.0. The summed E-state index contributed by atoms with van der Waals surface area (Å²) in [6.45, 7) is 15.0. The fraction of sp³-hybridized carbons (Fsp3) is 0.636. The van der Waals surface area contributed by atoms with Crippen LogP contribution < -0.4 is 4.74 Å². The van der Waals surface area contributed by atoms with Crippen LogP contribution in [-0.2, 0) is 6.42 Å². The van der Waals surface area contributed by atoms with Crippen molar-refractivity contribution in [2.24, 2.45) is 11.8 Å². The Kier molecular flexibility index (Phi) is 7.37. The zero-order valence-electron chi connectivity index (χ0n) is 17.0. The van der Waals surface area contributed by atoms with E-state index in [2.05, 4.69) is 56.6 Å². The molecule has 25 heavy (non-hydrogen) atoms. The number of methoxy groups -OCH3 is 1. The molecular weight excluding hydrogens is 308 g/mol. The number of hydrogen-bond acceptors (Lipinski definition) is 2. The monoisotopic (exact) mass is 344 g/mol. The Hall–Kier alpha value is -1.48. The summed E-state index contributed by atoms with van der Waals surface area (Å²) in [5.41, 5.74) is 3.94. The van der Waals surface area contributed by atoms with Gasteiger partial charge in [0.2, 0.25) is 0 Å². The number of H-pyrrole nitrogens is 1. The van der Waals surface area contributed by atoms with E-state index in [4.69, 9.17) is 4.74 Å². The van der Waals surface area contributed by atoms with Crippen LogP contribution in [0.2, 0.25) is 0 Å². The number of ether oxygens (including phenoxy) is 1. The zero-order valence-corrected chi connectivity index (χ0v) is 17.0. The lowest BCUT2D eigenvalue weighted by Crippen LogP contribution is -2.30. The molecule has 0 aliphatic heterocycles. The molecule has 0 amide bonds. The van der Waals surface area contributed by atoms with E-state index in [1.54, 1.807) is 7.11 Å². The van der Waals surface area contributed by atoms with Crippen molar-refractivity contribution >= 4 is 10.9 Å². The van der Waals surface area contributed by atoms with E-state index in [-0.39, 0.29) is 0 Å². The SMILES string of the molecule is COc1ccc2[nH]c(C)c(CCN(CCC(C)C)CCC(C)C)c2c1. The fourth-order valence-corrected chi connectivity index (χ4v) is 3.30. The molecule has 3 heteroatoms. The highest BCUT2D eigenvalue weighted by Crippen LogP contribution is 2.27. The predicted octanol–water partition coefficient (Wildman–Crippen LogP) is 5.42. The molecule has 1 aromatic carbocycles. The average Bonchev–Trinajstić information content (AvgIpc) is 2.88. The van der Waals surface area contributed by atoms with Crippen molar-refractivity contribution in [3.63, 3.8) is 0 Å². The number of rotatable bonds is 10. The Morgan fingerprint density at radius 3 is 2.20 bits per heavy atom. The number of aromatic amines is 1. The van der Waals surface area contributed by atoms with Gasteiger partial charge in [-0.05, 0) is 74.9 Å². The highest BCUT2D eigenvalue weighted by atomic mass is 16.5. The molecule has 1 aromatic heterocycles. The van der Waals surface area contributed by atoms with Crippen LogP contribution in [0.5, 0.6) is 5.75 Å². The minimum absolute atomic E-state index is 0.764. The van der Waals surface area contributed by atoms with Crippen molar-refractivity contribution in [2.45, 2.75) is 53.9 Å². The Balaban J connectivity index is 2.09. The number of nitrogens with zero attached hydrogens (tertiary/aromatic N) is 1. The third-order valence-electron chi connectivity index (χ3n) is 5.05. The molecule has 1 heterocycles. The van der Waals surface area contributed by atoms with Gasteiger partial charge < -0.3 is 14.6 Å². The molecule has 1 N–H and O–H groups in total. The second-order valence-electron chi connectivity index (χ2n) is 8.10. The van der Waals surface area contributed by atoms with E-state index in [1.165, 1.54) is 48.1 Å². The van der Waals surface area contributed by atoms with Crippen LogP contribution in [0.15, 0.2) is 18.2 Å². The molecule has 3 nitrogen and oxygen atoms in total. The second kappa shape index (κ2) is 9.28. The molecule has 2 aromatic rings. The molecule has 0 spiro atoms. The van der Waals surface area contributed by atoms with Gasteiger partial charge in [0.15, 0.2) is 0 Å². The van der Waals surface area contributed by atoms with Crippen molar-refractivity contribution < 1.29 is 4.74 Å². The standard InChI is InChI=1S/C22H36N2O/c1-16(2)9-12-24(13-10-17(3)4)14-11-20-18(5)23-22-8-7-19(25-6)15-21(20)22/h7-8,15-17,23H,9-14H2,1-6H3. The summed E-state index contributed by atoms with van der Waals surface area (Å²) in [6.07, 6.45) is 3.65. The lowest BCUT2D eigenvalue weighted by Gasteiger charge is -2.24. The molecule has 0 radical (unpaired) electrons. The first kappa shape index (κ1) is 19.8.